The van der Waals surface area contributed by atoms with E-state index >= 15 is 0 Å². The molecule has 1 aliphatic rings. The van der Waals surface area contributed by atoms with Crippen molar-refractivity contribution < 1.29 is 0 Å². The van der Waals surface area contributed by atoms with Crippen LogP contribution >= 0.6 is 11.6 Å². The van der Waals surface area contributed by atoms with Crippen LogP contribution < -0.4 is 4.90 Å². The molecule has 0 amide bonds. The first-order valence-electron chi connectivity index (χ1n) is 8.75. The van der Waals surface area contributed by atoms with Gasteiger partial charge < -0.3 is 4.90 Å². The van der Waals surface area contributed by atoms with Crippen molar-refractivity contribution in [3.63, 3.8) is 0 Å². The fraction of sp³-hybridized carbons (Fsp3) is 0.238. The zero-order valence-electron chi connectivity index (χ0n) is 14.4. The SMILES string of the molecule is N#Cc1ccccc1N1CCN(Cc2ccc(Cl)c3cccnc23)CC1. The number of nitrogens with zero attached hydrogens (tertiary/aromatic N) is 4. The van der Waals surface area contributed by atoms with E-state index in [1.807, 2.05) is 48.7 Å². The lowest BCUT2D eigenvalue weighted by atomic mass is 10.1. The van der Waals surface area contributed by atoms with Gasteiger partial charge in [-0.3, -0.25) is 9.88 Å². The highest BCUT2D eigenvalue weighted by Crippen LogP contribution is 2.26. The number of rotatable bonds is 3. The van der Waals surface area contributed by atoms with Gasteiger partial charge in [0.15, 0.2) is 0 Å². The number of aromatic nitrogens is 1. The average molecular weight is 363 g/mol. The lowest BCUT2D eigenvalue weighted by Crippen LogP contribution is -2.46. The molecular weight excluding hydrogens is 344 g/mol. The lowest BCUT2D eigenvalue weighted by molar-refractivity contribution is 0.250. The van der Waals surface area contributed by atoms with Gasteiger partial charge in [-0.25, -0.2) is 0 Å². The quantitative estimate of drug-likeness (QED) is 0.704. The van der Waals surface area contributed by atoms with Gasteiger partial charge in [-0.2, -0.15) is 5.26 Å². The van der Waals surface area contributed by atoms with Gasteiger partial charge in [-0.1, -0.05) is 29.8 Å². The Bertz CT molecular complexity index is 971. The number of benzene rings is 2. The topological polar surface area (TPSA) is 43.2 Å². The summed E-state index contributed by atoms with van der Waals surface area (Å²) in [5, 5.41) is 11.1. The van der Waals surface area contributed by atoms with E-state index in [4.69, 9.17) is 11.6 Å². The monoisotopic (exact) mass is 362 g/mol. The Morgan fingerprint density at radius 1 is 1.00 bits per heavy atom. The van der Waals surface area contributed by atoms with E-state index in [0.717, 1.165) is 59.9 Å². The summed E-state index contributed by atoms with van der Waals surface area (Å²) in [5.41, 5.74) is 3.97. The van der Waals surface area contributed by atoms with Crippen molar-refractivity contribution in [3.05, 3.63) is 70.9 Å². The molecule has 1 aliphatic heterocycles. The lowest BCUT2D eigenvalue weighted by Gasteiger charge is -2.36. The molecule has 0 radical (unpaired) electrons. The van der Waals surface area contributed by atoms with Crippen molar-refractivity contribution in [1.29, 1.82) is 5.26 Å². The summed E-state index contributed by atoms with van der Waals surface area (Å²) < 4.78 is 0. The minimum atomic E-state index is 0.744. The molecule has 1 saturated heterocycles. The number of halogens is 1. The summed E-state index contributed by atoms with van der Waals surface area (Å²) in [7, 11) is 0. The molecule has 0 N–H and O–H groups in total. The average Bonchev–Trinajstić information content (AvgIpc) is 2.71. The molecule has 5 heteroatoms. The second kappa shape index (κ2) is 7.33. The normalized spacial score (nSPS) is 15.2. The molecule has 4 rings (SSSR count). The fourth-order valence-corrected chi connectivity index (χ4v) is 3.77. The van der Waals surface area contributed by atoms with Gasteiger partial charge in [0.25, 0.3) is 0 Å². The van der Waals surface area contributed by atoms with Crippen LogP contribution in [0.1, 0.15) is 11.1 Å². The van der Waals surface area contributed by atoms with Gasteiger partial charge in [-0.15, -0.1) is 0 Å². The molecule has 0 spiro atoms. The summed E-state index contributed by atoms with van der Waals surface area (Å²) in [6, 6.07) is 18.1. The van der Waals surface area contributed by atoms with E-state index in [1.165, 1.54) is 5.56 Å². The maximum absolute atomic E-state index is 9.31. The first-order valence-corrected chi connectivity index (χ1v) is 9.12. The molecule has 0 atom stereocenters. The highest BCUT2D eigenvalue weighted by atomic mass is 35.5. The van der Waals surface area contributed by atoms with Crippen LogP contribution in [0.25, 0.3) is 10.9 Å². The smallest absolute Gasteiger partial charge is 0.101 e. The number of pyridine rings is 1. The van der Waals surface area contributed by atoms with Crippen molar-refractivity contribution in [2.45, 2.75) is 6.54 Å². The molecule has 3 aromatic rings. The molecule has 26 heavy (non-hydrogen) atoms. The standard InChI is InChI=1S/C21H19ClN4/c22-19-8-7-17(21-18(19)5-3-9-24-21)15-25-10-12-26(13-11-25)20-6-2-1-4-16(20)14-23/h1-9H,10-13,15H2. The molecule has 1 fully saturated rings. The number of hydrogen-bond donors (Lipinski definition) is 0. The summed E-state index contributed by atoms with van der Waals surface area (Å²) >= 11 is 6.30. The van der Waals surface area contributed by atoms with Crippen molar-refractivity contribution in [1.82, 2.24) is 9.88 Å². The van der Waals surface area contributed by atoms with Crippen LogP contribution in [0.3, 0.4) is 0 Å². The van der Waals surface area contributed by atoms with Crippen LogP contribution in [0.2, 0.25) is 5.02 Å². The van der Waals surface area contributed by atoms with Crippen LogP contribution in [0.5, 0.6) is 0 Å². The molecule has 4 nitrogen and oxygen atoms in total. The van der Waals surface area contributed by atoms with Gasteiger partial charge in [0.1, 0.15) is 6.07 Å². The highest BCUT2D eigenvalue weighted by Gasteiger charge is 2.20. The number of para-hydroxylation sites is 1. The van der Waals surface area contributed by atoms with Gasteiger partial charge >= 0.3 is 0 Å². The fourth-order valence-electron chi connectivity index (χ4n) is 3.56. The summed E-state index contributed by atoms with van der Waals surface area (Å²) in [5.74, 6) is 0. The number of nitriles is 1. The van der Waals surface area contributed by atoms with E-state index in [-0.39, 0.29) is 0 Å². The molecule has 0 bridgehead atoms. The van der Waals surface area contributed by atoms with E-state index in [2.05, 4.69) is 26.9 Å². The molecule has 0 aliphatic carbocycles. The molecule has 2 heterocycles. The molecular formula is C21H19ClN4. The van der Waals surface area contributed by atoms with Gasteiger partial charge in [0, 0.05) is 49.3 Å². The predicted molar refractivity (Wildman–Crippen MR) is 105 cm³/mol. The Labute approximate surface area is 158 Å². The summed E-state index contributed by atoms with van der Waals surface area (Å²) in [6.07, 6.45) is 1.82. The first-order chi connectivity index (χ1) is 12.8. The number of anilines is 1. The zero-order chi connectivity index (χ0) is 17.9. The van der Waals surface area contributed by atoms with Gasteiger partial charge in [-0.05, 0) is 35.9 Å². The Morgan fingerprint density at radius 2 is 1.81 bits per heavy atom. The number of piperazine rings is 1. The Kier molecular flexibility index (Phi) is 4.75. The van der Waals surface area contributed by atoms with E-state index < -0.39 is 0 Å². The van der Waals surface area contributed by atoms with E-state index in [9.17, 15) is 5.26 Å². The Balaban J connectivity index is 1.48. The van der Waals surface area contributed by atoms with Gasteiger partial charge in [0.05, 0.1) is 16.8 Å². The largest absolute Gasteiger partial charge is 0.368 e. The minimum Gasteiger partial charge on any atom is -0.368 e. The third kappa shape index (κ3) is 3.24. The molecule has 2 aromatic carbocycles. The second-order valence-electron chi connectivity index (χ2n) is 6.50. The van der Waals surface area contributed by atoms with Gasteiger partial charge in [0.2, 0.25) is 0 Å². The first kappa shape index (κ1) is 16.8. The van der Waals surface area contributed by atoms with Crippen LogP contribution in [-0.2, 0) is 6.54 Å². The predicted octanol–water partition coefficient (Wildman–Crippen LogP) is 4.08. The minimum absolute atomic E-state index is 0.744. The van der Waals surface area contributed by atoms with Crippen LogP contribution in [0.4, 0.5) is 5.69 Å². The van der Waals surface area contributed by atoms with Crippen molar-refractivity contribution >= 4 is 28.2 Å². The Hall–Kier alpha value is -2.61. The van der Waals surface area contributed by atoms with E-state index in [0.29, 0.717) is 0 Å². The van der Waals surface area contributed by atoms with Crippen molar-refractivity contribution in [2.24, 2.45) is 0 Å². The summed E-state index contributed by atoms with van der Waals surface area (Å²) in [4.78, 5) is 9.27. The van der Waals surface area contributed by atoms with E-state index in [1.54, 1.807) is 0 Å². The zero-order valence-corrected chi connectivity index (χ0v) is 15.2. The number of hydrogen-bond acceptors (Lipinski definition) is 4. The maximum atomic E-state index is 9.31. The molecule has 0 saturated carbocycles. The number of fused-ring (bicyclic) bond motifs is 1. The second-order valence-corrected chi connectivity index (χ2v) is 6.91. The van der Waals surface area contributed by atoms with Crippen LogP contribution in [0, 0.1) is 11.3 Å². The van der Waals surface area contributed by atoms with Crippen LogP contribution in [0.15, 0.2) is 54.7 Å². The van der Waals surface area contributed by atoms with Crippen molar-refractivity contribution in [2.75, 3.05) is 31.1 Å². The van der Waals surface area contributed by atoms with Crippen LogP contribution in [-0.4, -0.2) is 36.1 Å². The molecule has 1 aromatic heterocycles. The molecule has 130 valence electrons. The Morgan fingerprint density at radius 3 is 2.62 bits per heavy atom. The highest BCUT2D eigenvalue weighted by molar-refractivity contribution is 6.35. The third-order valence-corrected chi connectivity index (χ3v) is 5.26. The maximum Gasteiger partial charge on any atom is 0.101 e. The molecule has 0 unspecified atom stereocenters. The summed E-state index contributed by atoms with van der Waals surface area (Å²) in [6.45, 7) is 4.60. The third-order valence-electron chi connectivity index (χ3n) is 4.93. The van der Waals surface area contributed by atoms with Crippen molar-refractivity contribution in [3.8, 4) is 6.07 Å².